The number of unbranched alkanes of at least 4 members (excludes halogenated alkanes) is 2. The van der Waals surface area contributed by atoms with Crippen LogP contribution in [0.2, 0.25) is 0 Å². The SMILES string of the molecule is CCCCCc1ccc2c(n1)NCCC(=O)N2. The minimum absolute atomic E-state index is 0.0526. The summed E-state index contributed by atoms with van der Waals surface area (Å²) in [7, 11) is 0. The third kappa shape index (κ3) is 3.19. The Bertz CT molecular complexity index is 404. The summed E-state index contributed by atoms with van der Waals surface area (Å²) in [5.41, 5.74) is 1.90. The fourth-order valence-electron chi connectivity index (χ4n) is 1.94. The molecule has 1 aliphatic rings. The first-order valence-corrected chi connectivity index (χ1v) is 6.33. The van der Waals surface area contributed by atoms with Crippen LogP contribution in [0, 0.1) is 0 Å². The molecule has 0 radical (unpaired) electrons. The van der Waals surface area contributed by atoms with E-state index in [9.17, 15) is 4.79 Å². The first-order chi connectivity index (χ1) is 8.29. The van der Waals surface area contributed by atoms with Crippen LogP contribution in [0.4, 0.5) is 11.5 Å². The van der Waals surface area contributed by atoms with Gasteiger partial charge in [-0.1, -0.05) is 19.8 Å². The number of aryl methyl sites for hydroxylation is 1. The molecule has 0 fully saturated rings. The normalized spacial score (nSPS) is 14.5. The molecule has 0 unspecified atom stereocenters. The monoisotopic (exact) mass is 233 g/mol. The molecule has 0 saturated carbocycles. The number of carbonyl (C=O) groups is 1. The van der Waals surface area contributed by atoms with Gasteiger partial charge in [-0.05, 0) is 25.0 Å². The molecule has 0 bridgehead atoms. The molecule has 4 heteroatoms. The molecule has 2 N–H and O–H groups in total. The summed E-state index contributed by atoms with van der Waals surface area (Å²) >= 11 is 0. The number of hydrogen-bond donors (Lipinski definition) is 2. The highest BCUT2D eigenvalue weighted by atomic mass is 16.1. The molecule has 92 valence electrons. The first-order valence-electron chi connectivity index (χ1n) is 6.33. The number of pyridine rings is 1. The van der Waals surface area contributed by atoms with E-state index in [1.807, 2.05) is 12.1 Å². The fraction of sp³-hybridized carbons (Fsp3) is 0.538. The highest BCUT2D eigenvalue weighted by Crippen LogP contribution is 2.22. The molecular weight excluding hydrogens is 214 g/mol. The van der Waals surface area contributed by atoms with Gasteiger partial charge in [-0.3, -0.25) is 4.79 Å². The minimum atomic E-state index is 0.0526. The van der Waals surface area contributed by atoms with Gasteiger partial charge >= 0.3 is 0 Å². The lowest BCUT2D eigenvalue weighted by atomic mass is 10.1. The minimum Gasteiger partial charge on any atom is -0.368 e. The van der Waals surface area contributed by atoms with Crippen LogP contribution in [0.5, 0.6) is 0 Å². The molecule has 2 rings (SSSR count). The van der Waals surface area contributed by atoms with Gasteiger partial charge in [0.25, 0.3) is 0 Å². The number of hydrogen-bond acceptors (Lipinski definition) is 3. The highest BCUT2D eigenvalue weighted by Gasteiger charge is 2.13. The molecule has 4 nitrogen and oxygen atoms in total. The molecule has 0 saturated heterocycles. The molecule has 17 heavy (non-hydrogen) atoms. The highest BCUT2D eigenvalue weighted by molar-refractivity contribution is 5.95. The lowest BCUT2D eigenvalue weighted by Crippen LogP contribution is -2.10. The van der Waals surface area contributed by atoms with Crippen LogP contribution in [0.25, 0.3) is 0 Å². The topological polar surface area (TPSA) is 54.0 Å². The second-order valence-electron chi connectivity index (χ2n) is 4.38. The Labute approximate surface area is 102 Å². The Morgan fingerprint density at radius 1 is 1.35 bits per heavy atom. The van der Waals surface area contributed by atoms with Gasteiger partial charge in [0.1, 0.15) is 5.82 Å². The Balaban J connectivity index is 2.07. The maximum Gasteiger partial charge on any atom is 0.226 e. The molecule has 1 aliphatic heterocycles. The van der Waals surface area contributed by atoms with Gasteiger partial charge in [0, 0.05) is 18.7 Å². The van der Waals surface area contributed by atoms with E-state index in [4.69, 9.17) is 0 Å². The number of rotatable bonds is 4. The van der Waals surface area contributed by atoms with Crippen LogP contribution in [0.1, 0.15) is 38.3 Å². The molecule has 1 aromatic heterocycles. The molecule has 0 aromatic carbocycles. The van der Waals surface area contributed by atoms with E-state index < -0.39 is 0 Å². The van der Waals surface area contributed by atoms with Gasteiger partial charge in [0.15, 0.2) is 0 Å². The number of carbonyl (C=O) groups excluding carboxylic acids is 1. The summed E-state index contributed by atoms with van der Waals surface area (Å²) < 4.78 is 0. The van der Waals surface area contributed by atoms with Gasteiger partial charge in [0.05, 0.1) is 5.69 Å². The van der Waals surface area contributed by atoms with Crippen molar-refractivity contribution in [3.05, 3.63) is 17.8 Å². The Morgan fingerprint density at radius 3 is 3.06 bits per heavy atom. The molecule has 2 heterocycles. The van der Waals surface area contributed by atoms with Crippen molar-refractivity contribution in [2.24, 2.45) is 0 Å². The number of fused-ring (bicyclic) bond motifs is 1. The quantitative estimate of drug-likeness (QED) is 0.786. The average molecular weight is 233 g/mol. The molecule has 0 spiro atoms. The Hall–Kier alpha value is -1.58. The average Bonchev–Trinajstić information content (AvgIpc) is 2.50. The predicted molar refractivity (Wildman–Crippen MR) is 69.2 cm³/mol. The first kappa shape index (κ1) is 11.9. The number of anilines is 2. The zero-order chi connectivity index (χ0) is 12.1. The van der Waals surface area contributed by atoms with Crippen LogP contribution in [-0.2, 0) is 11.2 Å². The lowest BCUT2D eigenvalue weighted by molar-refractivity contribution is -0.115. The standard InChI is InChI=1S/C13H19N3O/c1-2-3-4-5-10-6-7-11-13(15-10)14-9-8-12(17)16-11/h6-7H,2-5,8-9H2,1H3,(H,14,15)(H,16,17). The van der Waals surface area contributed by atoms with Crippen LogP contribution >= 0.6 is 0 Å². The summed E-state index contributed by atoms with van der Waals surface area (Å²) in [6.07, 6.45) is 5.15. The van der Waals surface area contributed by atoms with Crippen molar-refractivity contribution in [2.75, 3.05) is 17.2 Å². The van der Waals surface area contributed by atoms with E-state index >= 15 is 0 Å². The maximum absolute atomic E-state index is 11.4. The van der Waals surface area contributed by atoms with Crippen LogP contribution in [0.15, 0.2) is 12.1 Å². The van der Waals surface area contributed by atoms with Gasteiger partial charge in [0.2, 0.25) is 5.91 Å². The second kappa shape index (κ2) is 5.66. The van der Waals surface area contributed by atoms with Crippen molar-refractivity contribution in [3.8, 4) is 0 Å². The summed E-state index contributed by atoms with van der Waals surface area (Å²) in [6, 6.07) is 3.95. The van der Waals surface area contributed by atoms with Crippen molar-refractivity contribution in [2.45, 2.75) is 39.0 Å². The van der Waals surface area contributed by atoms with Crippen LogP contribution < -0.4 is 10.6 Å². The van der Waals surface area contributed by atoms with Gasteiger partial charge < -0.3 is 10.6 Å². The van der Waals surface area contributed by atoms with E-state index in [2.05, 4.69) is 22.5 Å². The fourth-order valence-corrected chi connectivity index (χ4v) is 1.94. The summed E-state index contributed by atoms with van der Waals surface area (Å²) in [5.74, 6) is 0.863. The van der Waals surface area contributed by atoms with Crippen molar-refractivity contribution in [1.29, 1.82) is 0 Å². The zero-order valence-electron chi connectivity index (χ0n) is 10.3. The predicted octanol–water partition coefficient (Wildman–Crippen LogP) is 2.57. The van der Waals surface area contributed by atoms with Crippen molar-refractivity contribution >= 4 is 17.4 Å². The van der Waals surface area contributed by atoms with E-state index in [1.165, 1.54) is 19.3 Å². The van der Waals surface area contributed by atoms with Crippen molar-refractivity contribution in [3.63, 3.8) is 0 Å². The van der Waals surface area contributed by atoms with Crippen LogP contribution in [0.3, 0.4) is 0 Å². The van der Waals surface area contributed by atoms with Gasteiger partial charge in [-0.2, -0.15) is 0 Å². The molecule has 1 aromatic rings. The van der Waals surface area contributed by atoms with Gasteiger partial charge in [-0.15, -0.1) is 0 Å². The lowest BCUT2D eigenvalue weighted by Gasteiger charge is -2.08. The Kier molecular flexibility index (Phi) is 3.96. The number of aromatic nitrogens is 1. The summed E-state index contributed by atoms with van der Waals surface area (Å²) in [5, 5.41) is 6.04. The van der Waals surface area contributed by atoms with E-state index in [-0.39, 0.29) is 5.91 Å². The van der Waals surface area contributed by atoms with Crippen molar-refractivity contribution < 1.29 is 4.79 Å². The number of nitrogens with zero attached hydrogens (tertiary/aromatic N) is 1. The third-order valence-electron chi connectivity index (χ3n) is 2.91. The van der Waals surface area contributed by atoms with Crippen molar-refractivity contribution in [1.82, 2.24) is 4.98 Å². The molecule has 0 aliphatic carbocycles. The second-order valence-corrected chi connectivity index (χ2v) is 4.38. The molecule has 0 atom stereocenters. The smallest absolute Gasteiger partial charge is 0.226 e. The maximum atomic E-state index is 11.4. The largest absolute Gasteiger partial charge is 0.368 e. The van der Waals surface area contributed by atoms with Crippen LogP contribution in [-0.4, -0.2) is 17.4 Å². The summed E-state index contributed by atoms with van der Waals surface area (Å²) in [4.78, 5) is 15.9. The molecule has 1 amide bonds. The Morgan fingerprint density at radius 2 is 2.24 bits per heavy atom. The zero-order valence-corrected chi connectivity index (χ0v) is 10.3. The number of amides is 1. The van der Waals surface area contributed by atoms with E-state index in [1.54, 1.807) is 0 Å². The van der Waals surface area contributed by atoms with E-state index in [0.29, 0.717) is 13.0 Å². The molecular formula is C13H19N3O. The van der Waals surface area contributed by atoms with E-state index in [0.717, 1.165) is 23.6 Å². The third-order valence-corrected chi connectivity index (χ3v) is 2.91. The number of nitrogens with one attached hydrogen (secondary N) is 2. The van der Waals surface area contributed by atoms with Gasteiger partial charge in [-0.25, -0.2) is 4.98 Å². The summed E-state index contributed by atoms with van der Waals surface area (Å²) in [6.45, 7) is 2.85.